The van der Waals surface area contributed by atoms with E-state index in [1.165, 1.54) is 28.6 Å². The lowest BCUT2D eigenvalue weighted by atomic mass is 9.69. The highest BCUT2D eigenvalue weighted by molar-refractivity contribution is 7.89. The van der Waals surface area contributed by atoms with Crippen LogP contribution in [-0.2, 0) is 21.2 Å². The number of fused-ring (bicyclic) bond motifs is 2. The Morgan fingerprint density at radius 1 is 1.15 bits per heavy atom. The summed E-state index contributed by atoms with van der Waals surface area (Å²) in [7, 11) is -3.82. The summed E-state index contributed by atoms with van der Waals surface area (Å²) in [6.45, 7) is 2.08. The van der Waals surface area contributed by atoms with Gasteiger partial charge >= 0.3 is 5.97 Å². The van der Waals surface area contributed by atoms with Crippen molar-refractivity contribution in [1.29, 1.82) is 0 Å². The number of carbonyl (C=O) groups excluding carboxylic acids is 1. The molecule has 0 spiro atoms. The standard InChI is InChI=1S/C24H22FN3O4S/c1-16-2-8-21(9-3-16)33(30,31)28-11-10-18-12-22-17(14-26-27-22)13-24(18,15-28)23(29)32-20-6-4-19(25)5-7-20/h2-9,12,14H,10-11,13,15H2,1H3,(H,26,27). The van der Waals surface area contributed by atoms with Crippen LogP contribution in [0.15, 0.2) is 65.2 Å². The number of aryl methyl sites for hydroxylation is 1. The van der Waals surface area contributed by atoms with Crippen LogP contribution in [0.25, 0.3) is 6.08 Å². The van der Waals surface area contributed by atoms with Crippen molar-refractivity contribution >= 4 is 22.1 Å². The fourth-order valence-corrected chi connectivity index (χ4v) is 5.97. The largest absolute Gasteiger partial charge is 0.426 e. The summed E-state index contributed by atoms with van der Waals surface area (Å²) in [5, 5.41) is 7.00. The molecule has 7 nitrogen and oxygen atoms in total. The van der Waals surface area contributed by atoms with Crippen LogP contribution in [0.5, 0.6) is 5.75 Å². The van der Waals surface area contributed by atoms with Gasteiger partial charge in [0.05, 0.1) is 16.8 Å². The minimum absolute atomic E-state index is 0.0559. The molecule has 1 aliphatic carbocycles. The Bertz CT molecular complexity index is 1350. The van der Waals surface area contributed by atoms with Crippen LogP contribution in [-0.4, -0.2) is 42.0 Å². The molecule has 1 aliphatic heterocycles. The number of nitrogens with zero attached hydrogens (tertiary/aromatic N) is 2. The summed E-state index contributed by atoms with van der Waals surface area (Å²) in [5.41, 5.74) is 2.16. The Labute approximate surface area is 190 Å². The second kappa shape index (κ2) is 7.93. The number of benzene rings is 2. The summed E-state index contributed by atoms with van der Waals surface area (Å²) in [4.78, 5) is 13.8. The zero-order valence-electron chi connectivity index (χ0n) is 17.9. The van der Waals surface area contributed by atoms with Crippen LogP contribution in [0.1, 0.15) is 23.2 Å². The van der Waals surface area contributed by atoms with Gasteiger partial charge in [-0.2, -0.15) is 9.40 Å². The molecule has 2 heterocycles. The zero-order valence-corrected chi connectivity index (χ0v) is 18.7. The molecule has 1 N–H and O–H groups in total. The van der Waals surface area contributed by atoms with Gasteiger partial charge < -0.3 is 4.74 Å². The van der Waals surface area contributed by atoms with E-state index < -0.39 is 27.2 Å². The maximum absolute atomic E-state index is 13.6. The number of rotatable bonds is 4. The minimum atomic E-state index is -3.82. The number of halogens is 1. The Kier molecular flexibility index (Phi) is 5.18. The lowest BCUT2D eigenvalue weighted by Crippen LogP contribution is -2.54. The molecule has 9 heteroatoms. The van der Waals surface area contributed by atoms with Crippen molar-refractivity contribution in [1.82, 2.24) is 14.5 Å². The van der Waals surface area contributed by atoms with Gasteiger partial charge in [0, 0.05) is 13.1 Å². The molecule has 0 amide bonds. The van der Waals surface area contributed by atoms with Crippen molar-refractivity contribution in [2.75, 3.05) is 13.1 Å². The van der Waals surface area contributed by atoms with E-state index in [-0.39, 0.29) is 30.2 Å². The number of hydrogen-bond acceptors (Lipinski definition) is 5. The van der Waals surface area contributed by atoms with Gasteiger partial charge in [-0.05, 0) is 73.4 Å². The number of carbonyl (C=O) groups is 1. The van der Waals surface area contributed by atoms with E-state index in [0.717, 1.165) is 22.4 Å². The predicted molar refractivity (Wildman–Crippen MR) is 119 cm³/mol. The topological polar surface area (TPSA) is 92.4 Å². The molecule has 1 fully saturated rings. The quantitative estimate of drug-likeness (QED) is 0.469. The Balaban J connectivity index is 1.52. The first-order chi connectivity index (χ1) is 15.8. The molecule has 0 saturated carbocycles. The number of sulfonamides is 1. The maximum Gasteiger partial charge on any atom is 0.323 e. The third-order valence-electron chi connectivity index (χ3n) is 6.33. The van der Waals surface area contributed by atoms with Gasteiger partial charge in [0.15, 0.2) is 0 Å². The molecule has 5 rings (SSSR count). The average Bonchev–Trinajstić information content (AvgIpc) is 3.25. The summed E-state index contributed by atoms with van der Waals surface area (Å²) in [5.74, 6) is -0.815. The maximum atomic E-state index is 13.6. The number of aromatic nitrogens is 2. The fraction of sp³-hybridized carbons (Fsp3) is 0.250. The van der Waals surface area contributed by atoms with Crippen molar-refractivity contribution in [2.45, 2.75) is 24.7 Å². The number of H-pyrrole nitrogens is 1. The van der Waals surface area contributed by atoms with Crippen molar-refractivity contribution < 1.29 is 22.3 Å². The summed E-state index contributed by atoms with van der Waals surface area (Å²) in [6, 6.07) is 11.8. The molecule has 170 valence electrons. The molecule has 2 aliphatic rings. The van der Waals surface area contributed by atoms with E-state index >= 15 is 0 Å². The van der Waals surface area contributed by atoms with Crippen LogP contribution in [0.2, 0.25) is 0 Å². The SMILES string of the molecule is Cc1ccc(S(=O)(=O)N2CCC3=Cc4[nH]ncc4CC3(C(=O)Oc3ccc(F)cc3)C2)cc1. The normalized spacial score (nSPS) is 20.5. The van der Waals surface area contributed by atoms with Gasteiger partial charge in [0.25, 0.3) is 0 Å². The van der Waals surface area contributed by atoms with Crippen LogP contribution < -0.4 is 4.74 Å². The van der Waals surface area contributed by atoms with Gasteiger partial charge in [-0.25, -0.2) is 12.8 Å². The molecule has 0 radical (unpaired) electrons. The molecule has 2 aromatic carbocycles. The van der Waals surface area contributed by atoms with Crippen LogP contribution in [0.4, 0.5) is 4.39 Å². The number of aromatic amines is 1. The summed E-state index contributed by atoms with van der Waals surface area (Å²) >= 11 is 0. The van der Waals surface area contributed by atoms with Crippen LogP contribution in [0, 0.1) is 18.2 Å². The fourth-order valence-electron chi connectivity index (χ4n) is 4.47. The van der Waals surface area contributed by atoms with Crippen LogP contribution in [0.3, 0.4) is 0 Å². The van der Waals surface area contributed by atoms with E-state index in [2.05, 4.69) is 10.2 Å². The molecule has 1 unspecified atom stereocenters. The van der Waals surface area contributed by atoms with Crippen molar-refractivity contribution in [3.8, 4) is 5.75 Å². The molecule has 1 saturated heterocycles. The number of ether oxygens (including phenoxy) is 1. The second-order valence-electron chi connectivity index (χ2n) is 8.48. The highest BCUT2D eigenvalue weighted by atomic mass is 32.2. The van der Waals surface area contributed by atoms with Gasteiger partial charge in [0.1, 0.15) is 17.0 Å². The summed E-state index contributed by atoms with van der Waals surface area (Å²) < 4.78 is 47.2. The molecular weight excluding hydrogens is 445 g/mol. The Morgan fingerprint density at radius 3 is 2.61 bits per heavy atom. The van der Waals surface area contributed by atoms with E-state index in [9.17, 15) is 17.6 Å². The molecular formula is C24H22FN3O4S. The molecule has 33 heavy (non-hydrogen) atoms. The van der Waals surface area contributed by atoms with Crippen molar-refractivity contribution in [3.05, 3.63) is 82.9 Å². The predicted octanol–water partition coefficient (Wildman–Crippen LogP) is 3.48. The molecule has 1 atom stereocenters. The third kappa shape index (κ3) is 3.77. The van der Waals surface area contributed by atoms with E-state index in [0.29, 0.717) is 6.42 Å². The second-order valence-corrected chi connectivity index (χ2v) is 10.4. The van der Waals surface area contributed by atoms with Crippen molar-refractivity contribution in [2.24, 2.45) is 5.41 Å². The molecule has 1 aromatic heterocycles. The highest BCUT2D eigenvalue weighted by Gasteiger charge is 2.52. The lowest BCUT2D eigenvalue weighted by molar-refractivity contribution is -0.145. The van der Waals surface area contributed by atoms with E-state index in [4.69, 9.17) is 4.74 Å². The first-order valence-electron chi connectivity index (χ1n) is 10.6. The van der Waals surface area contributed by atoms with Gasteiger partial charge in [-0.1, -0.05) is 17.7 Å². The summed E-state index contributed by atoms with van der Waals surface area (Å²) in [6.07, 6.45) is 4.14. The third-order valence-corrected chi connectivity index (χ3v) is 8.19. The molecule has 0 bridgehead atoms. The number of piperidine rings is 1. The van der Waals surface area contributed by atoms with Crippen molar-refractivity contribution in [3.63, 3.8) is 0 Å². The monoisotopic (exact) mass is 467 g/mol. The van der Waals surface area contributed by atoms with Gasteiger partial charge in [0.2, 0.25) is 10.0 Å². The smallest absolute Gasteiger partial charge is 0.323 e. The van der Waals surface area contributed by atoms with Gasteiger partial charge in [-0.3, -0.25) is 9.89 Å². The number of esters is 1. The highest BCUT2D eigenvalue weighted by Crippen LogP contribution is 2.45. The number of nitrogens with one attached hydrogen (secondary N) is 1. The average molecular weight is 468 g/mol. The molecule has 3 aromatic rings. The zero-order chi connectivity index (χ0) is 23.2. The van der Waals surface area contributed by atoms with Gasteiger partial charge in [-0.15, -0.1) is 0 Å². The first kappa shape index (κ1) is 21.5. The minimum Gasteiger partial charge on any atom is -0.426 e. The Morgan fingerprint density at radius 2 is 1.88 bits per heavy atom. The first-order valence-corrected chi connectivity index (χ1v) is 12.0. The van der Waals surface area contributed by atoms with Crippen LogP contribution >= 0.6 is 0 Å². The number of hydrogen-bond donors (Lipinski definition) is 1. The lowest BCUT2D eigenvalue weighted by Gasteiger charge is -2.43. The van der Waals surface area contributed by atoms with E-state index in [1.807, 2.05) is 13.0 Å². The Hall–Kier alpha value is -3.30. The van der Waals surface area contributed by atoms with E-state index in [1.54, 1.807) is 30.5 Å².